The van der Waals surface area contributed by atoms with Gasteiger partial charge in [-0.15, -0.1) is 0 Å². The van der Waals surface area contributed by atoms with Gasteiger partial charge < -0.3 is 10.1 Å². The van der Waals surface area contributed by atoms with Gasteiger partial charge in [0, 0.05) is 20.0 Å². The molecule has 0 aliphatic rings. The largest absolute Gasteiger partial charge is 0.444 e. The Morgan fingerprint density at radius 2 is 1.78 bits per heavy atom. The number of nitrogens with one attached hydrogen (secondary N) is 1. The smallest absolute Gasteiger partial charge is 0.407 e. The highest BCUT2D eigenvalue weighted by molar-refractivity contribution is 5.75. The predicted molar refractivity (Wildman–Crippen MR) is 87.6 cm³/mol. The minimum atomic E-state index is -0.527. The van der Waals surface area contributed by atoms with Crippen molar-refractivity contribution in [2.75, 3.05) is 14.2 Å². The molecule has 2 amide bonds. The van der Waals surface area contributed by atoms with Gasteiger partial charge in [-0.3, -0.25) is 9.63 Å². The molecule has 1 aromatic carbocycles. The van der Waals surface area contributed by atoms with Crippen LogP contribution in [0.5, 0.6) is 0 Å². The number of benzene rings is 1. The topological polar surface area (TPSA) is 67.9 Å². The Bertz CT molecular complexity index is 538. The van der Waals surface area contributed by atoms with Crippen molar-refractivity contribution in [3.05, 3.63) is 35.4 Å². The van der Waals surface area contributed by atoms with Crippen LogP contribution >= 0.6 is 0 Å². The van der Waals surface area contributed by atoms with Crippen LogP contribution in [0.4, 0.5) is 4.79 Å². The normalized spacial score (nSPS) is 11.0. The van der Waals surface area contributed by atoms with Gasteiger partial charge in [0.15, 0.2) is 0 Å². The van der Waals surface area contributed by atoms with E-state index in [2.05, 4.69) is 5.32 Å². The second-order valence-electron chi connectivity index (χ2n) is 6.20. The fourth-order valence-electron chi connectivity index (χ4n) is 1.96. The molecule has 0 aliphatic carbocycles. The summed E-state index contributed by atoms with van der Waals surface area (Å²) in [6.45, 7) is 5.81. The van der Waals surface area contributed by atoms with Crippen LogP contribution in [-0.2, 0) is 27.3 Å². The molecular formula is C17H26N2O4. The lowest BCUT2D eigenvalue weighted by Crippen LogP contribution is -2.32. The highest BCUT2D eigenvalue weighted by atomic mass is 16.7. The Labute approximate surface area is 137 Å². The molecule has 6 nitrogen and oxygen atoms in total. The summed E-state index contributed by atoms with van der Waals surface area (Å²) < 4.78 is 5.22. The minimum Gasteiger partial charge on any atom is -0.444 e. The molecule has 0 bridgehead atoms. The summed E-state index contributed by atoms with van der Waals surface area (Å²) in [6, 6.07) is 7.69. The summed E-state index contributed by atoms with van der Waals surface area (Å²) >= 11 is 0. The molecule has 0 heterocycles. The summed E-state index contributed by atoms with van der Waals surface area (Å²) in [6.07, 6.45) is 0.467. The van der Waals surface area contributed by atoms with E-state index < -0.39 is 11.7 Å². The summed E-state index contributed by atoms with van der Waals surface area (Å²) in [4.78, 5) is 28.4. The lowest BCUT2D eigenvalue weighted by molar-refractivity contribution is -0.168. The molecule has 0 saturated heterocycles. The molecule has 0 aliphatic heterocycles. The molecule has 0 spiro atoms. The fourth-order valence-corrected chi connectivity index (χ4v) is 1.96. The zero-order chi connectivity index (χ0) is 17.5. The number of aryl methyl sites for hydroxylation is 1. The summed E-state index contributed by atoms with van der Waals surface area (Å²) in [7, 11) is 3.04. The number of hydrogen-bond acceptors (Lipinski definition) is 4. The lowest BCUT2D eigenvalue weighted by Gasteiger charge is -2.20. The van der Waals surface area contributed by atoms with Crippen molar-refractivity contribution in [3.63, 3.8) is 0 Å². The Morgan fingerprint density at radius 3 is 2.35 bits per heavy atom. The number of carbonyl (C=O) groups excluding carboxylic acids is 2. The molecule has 0 saturated carbocycles. The molecule has 0 radical (unpaired) electrons. The van der Waals surface area contributed by atoms with Gasteiger partial charge in [0.05, 0.1) is 7.11 Å². The third-order valence-corrected chi connectivity index (χ3v) is 3.17. The van der Waals surface area contributed by atoms with Crippen LogP contribution in [0.25, 0.3) is 0 Å². The van der Waals surface area contributed by atoms with E-state index in [1.807, 2.05) is 45.0 Å². The second-order valence-corrected chi connectivity index (χ2v) is 6.20. The van der Waals surface area contributed by atoms with E-state index >= 15 is 0 Å². The van der Waals surface area contributed by atoms with Gasteiger partial charge in [-0.25, -0.2) is 9.86 Å². The van der Waals surface area contributed by atoms with E-state index in [0.717, 1.165) is 11.1 Å². The number of ether oxygens (including phenoxy) is 1. The number of nitrogens with zero attached hydrogens (tertiary/aromatic N) is 1. The third kappa shape index (κ3) is 7.15. The fraction of sp³-hybridized carbons (Fsp3) is 0.529. The summed E-state index contributed by atoms with van der Waals surface area (Å²) in [5.41, 5.74) is 1.45. The predicted octanol–water partition coefficient (Wildman–Crippen LogP) is 2.66. The number of hydroxylamine groups is 2. The minimum absolute atomic E-state index is 0.0950. The lowest BCUT2D eigenvalue weighted by atomic mass is 10.0. The van der Waals surface area contributed by atoms with Gasteiger partial charge in [-0.2, -0.15) is 0 Å². The number of carbonyl (C=O) groups is 2. The van der Waals surface area contributed by atoms with Crippen LogP contribution in [-0.4, -0.2) is 36.8 Å². The Balaban J connectivity index is 2.60. The molecular weight excluding hydrogens is 296 g/mol. The van der Waals surface area contributed by atoms with Gasteiger partial charge in [0.25, 0.3) is 0 Å². The highest BCUT2D eigenvalue weighted by Crippen LogP contribution is 2.13. The molecule has 0 atom stereocenters. The second kappa shape index (κ2) is 8.53. The maximum Gasteiger partial charge on any atom is 0.407 e. The van der Waals surface area contributed by atoms with Gasteiger partial charge in [-0.1, -0.05) is 24.3 Å². The molecule has 128 valence electrons. The van der Waals surface area contributed by atoms with Gasteiger partial charge in [-0.05, 0) is 38.3 Å². The van der Waals surface area contributed by atoms with Crippen molar-refractivity contribution in [2.45, 2.75) is 45.8 Å². The van der Waals surface area contributed by atoms with Crippen LogP contribution in [0.15, 0.2) is 24.3 Å². The molecule has 0 fully saturated rings. The first-order valence-corrected chi connectivity index (χ1v) is 7.57. The van der Waals surface area contributed by atoms with Gasteiger partial charge in [0.1, 0.15) is 5.60 Å². The summed E-state index contributed by atoms with van der Waals surface area (Å²) in [5.74, 6) is -0.0950. The molecule has 0 unspecified atom stereocenters. The number of alkyl carbamates (subject to hydrolysis) is 1. The van der Waals surface area contributed by atoms with Crippen molar-refractivity contribution in [2.24, 2.45) is 0 Å². The maximum atomic E-state index is 11.8. The molecule has 6 heteroatoms. The van der Waals surface area contributed by atoms with Gasteiger partial charge >= 0.3 is 6.09 Å². The Kier molecular flexibility index (Phi) is 7.03. The number of rotatable bonds is 6. The molecule has 1 N–H and O–H groups in total. The van der Waals surface area contributed by atoms with E-state index in [1.54, 1.807) is 7.05 Å². The highest BCUT2D eigenvalue weighted by Gasteiger charge is 2.16. The molecule has 23 heavy (non-hydrogen) atoms. The average Bonchev–Trinajstić information content (AvgIpc) is 2.48. The van der Waals surface area contributed by atoms with E-state index in [9.17, 15) is 9.59 Å². The number of amides is 2. The van der Waals surface area contributed by atoms with Crippen molar-refractivity contribution >= 4 is 12.0 Å². The van der Waals surface area contributed by atoms with Crippen molar-refractivity contribution in [3.8, 4) is 0 Å². The maximum absolute atomic E-state index is 11.8. The van der Waals surface area contributed by atoms with E-state index in [-0.39, 0.29) is 5.91 Å². The quantitative estimate of drug-likeness (QED) is 0.818. The van der Waals surface area contributed by atoms with Crippen LogP contribution in [0.1, 0.15) is 38.3 Å². The van der Waals surface area contributed by atoms with E-state index in [0.29, 0.717) is 19.4 Å². The number of hydrogen-bond donors (Lipinski definition) is 1. The van der Waals surface area contributed by atoms with E-state index in [1.165, 1.54) is 12.2 Å². The SMILES string of the molecule is CON(C)C(=O)CCc1ccccc1CNC(=O)OC(C)(C)C. The van der Waals surface area contributed by atoms with E-state index in [4.69, 9.17) is 9.57 Å². The zero-order valence-electron chi connectivity index (χ0n) is 14.5. The van der Waals surface area contributed by atoms with Crippen molar-refractivity contribution < 1.29 is 19.2 Å². The first-order valence-electron chi connectivity index (χ1n) is 7.57. The van der Waals surface area contributed by atoms with Crippen LogP contribution in [0.3, 0.4) is 0 Å². The average molecular weight is 322 g/mol. The molecule has 1 aromatic rings. The summed E-state index contributed by atoms with van der Waals surface area (Å²) in [5, 5.41) is 3.95. The third-order valence-electron chi connectivity index (χ3n) is 3.17. The van der Waals surface area contributed by atoms with Gasteiger partial charge in [0.2, 0.25) is 5.91 Å². The van der Waals surface area contributed by atoms with Crippen LogP contribution in [0, 0.1) is 0 Å². The molecule has 1 rings (SSSR count). The van der Waals surface area contributed by atoms with Crippen molar-refractivity contribution in [1.82, 2.24) is 10.4 Å². The zero-order valence-corrected chi connectivity index (χ0v) is 14.5. The monoisotopic (exact) mass is 322 g/mol. The van der Waals surface area contributed by atoms with Crippen LogP contribution in [0.2, 0.25) is 0 Å². The standard InChI is InChI=1S/C17H26N2O4/c1-17(2,3)23-16(21)18-12-14-9-7-6-8-13(14)10-11-15(20)19(4)22-5/h6-9H,10-12H2,1-5H3,(H,18,21). The molecule has 0 aromatic heterocycles. The first kappa shape index (κ1) is 19.0. The first-order chi connectivity index (χ1) is 10.7. The Hall–Kier alpha value is -2.08. The Morgan fingerprint density at radius 1 is 1.17 bits per heavy atom. The van der Waals surface area contributed by atoms with Crippen molar-refractivity contribution in [1.29, 1.82) is 0 Å². The van der Waals surface area contributed by atoms with Crippen LogP contribution < -0.4 is 5.32 Å².